The van der Waals surface area contributed by atoms with Crippen LogP contribution in [-0.4, -0.2) is 0 Å². The summed E-state index contributed by atoms with van der Waals surface area (Å²) in [5.41, 5.74) is 19.6. The van der Waals surface area contributed by atoms with E-state index in [1.807, 2.05) is 11.3 Å². The Balaban J connectivity index is 1.11. The summed E-state index contributed by atoms with van der Waals surface area (Å²) in [5, 5.41) is 2.62. The molecule has 1 heterocycles. The molecule has 1 atom stereocenters. The Morgan fingerprint density at radius 1 is 0.391 bits per heavy atom. The molecule has 2 heteroatoms. The highest BCUT2D eigenvalue weighted by Crippen LogP contribution is 2.58. The van der Waals surface area contributed by atoms with Gasteiger partial charge in [0, 0.05) is 42.6 Å². The van der Waals surface area contributed by atoms with Crippen LogP contribution >= 0.6 is 11.3 Å². The summed E-state index contributed by atoms with van der Waals surface area (Å²) in [4.78, 5) is 2.51. The summed E-state index contributed by atoms with van der Waals surface area (Å²) in [5.74, 6) is 0. The van der Waals surface area contributed by atoms with E-state index in [0.29, 0.717) is 0 Å². The van der Waals surface area contributed by atoms with Crippen LogP contribution in [0.2, 0.25) is 0 Å². The van der Waals surface area contributed by atoms with E-state index < -0.39 is 5.41 Å². The molecule has 12 rings (SSSR count). The Hall–Kier alpha value is -7.00. The highest BCUT2D eigenvalue weighted by molar-refractivity contribution is 7.25. The van der Waals surface area contributed by atoms with Gasteiger partial charge in [0.15, 0.2) is 0 Å². The summed E-state index contributed by atoms with van der Waals surface area (Å²) in [6.07, 6.45) is 0. The number of hydrogen-bond donors (Lipinski definition) is 0. The van der Waals surface area contributed by atoms with Crippen molar-refractivity contribution in [3.8, 4) is 33.4 Å². The first-order valence-corrected chi connectivity index (χ1v) is 23.4. The van der Waals surface area contributed by atoms with Crippen molar-refractivity contribution in [2.75, 3.05) is 4.90 Å². The van der Waals surface area contributed by atoms with Crippen molar-refractivity contribution in [2.24, 2.45) is 0 Å². The van der Waals surface area contributed by atoms with Crippen LogP contribution in [0.1, 0.15) is 73.6 Å². The average molecular weight is 840 g/mol. The third-order valence-electron chi connectivity index (χ3n) is 14.3. The number of hydrogen-bond acceptors (Lipinski definition) is 2. The molecular formula is C62H49NS. The van der Waals surface area contributed by atoms with Crippen LogP contribution in [-0.2, 0) is 16.2 Å². The minimum absolute atomic E-state index is 0.0312. The second kappa shape index (κ2) is 14.3. The Kier molecular flexibility index (Phi) is 8.61. The molecule has 0 saturated carbocycles. The van der Waals surface area contributed by atoms with Gasteiger partial charge in [0.25, 0.3) is 0 Å². The molecule has 1 aromatic heterocycles. The van der Waals surface area contributed by atoms with Crippen molar-refractivity contribution in [3.05, 3.63) is 245 Å². The van der Waals surface area contributed by atoms with Crippen LogP contribution in [0.3, 0.4) is 0 Å². The highest BCUT2D eigenvalue weighted by Gasteiger charge is 2.47. The third-order valence-corrected chi connectivity index (χ3v) is 15.5. The Bertz CT molecular complexity index is 3440. The zero-order chi connectivity index (χ0) is 43.4. The summed E-state index contributed by atoms with van der Waals surface area (Å²) in [6, 6.07) is 78.0. The second-order valence-electron chi connectivity index (χ2n) is 19.3. The van der Waals surface area contributed by atoms with Gasteiger partial charge in [-0.15, -0.1) is 11.3 Å². The van der Waals surface area contributed by atoms with Crippen molar-refractivity contribution in [2.45, 2.75) is 50.9 Å². The maximum Gasteiger partial charge on any atom is 0.0714 e. The fourth-order valence-electron chi connectivity index (χ4n) is 11.1. The minimum Gasteiger partial charge on any atom is -0.310 e. The largest absolute Gasteiger partial charge is 0.310 e. The van der Waals surface area contributed by atoms with Gasteiger partial charge >= 0.3 is 0 Å². The van der Waals surface area contributed by atoms with E-state index in [1.165, 1.54) is 92.5 Å². The van der Waals surface area contributed by atoms with Crippen molar-refractivity contribution in [1.29, 1.82) is 0 Å². The third kappa shape index (κ3) is 5.75. The molecule has 2 aliphatic carbocycles. The number of nitrogens with zero attached hydrogens (tertiary/aromatic N) is 1. The van der Waals surface area contributed by atoms with Gasteiger partial charge in [0.1, 0.15) is 0 Å². The number of anilines is 3. The molecule has 308 valence electrons. The molecule has 0 bridgehead atoms. The first-order valence-electron chi connectivity index (χ1n) is 22.6. The highest BCUT2D eigenvalue weighted by atomic mass is 32.1. The van der Waals surface area contributed by atoms with Gasteiger partial charge in [-0.2, -0.15) is 0 Å². The van der Waals surface area contributed by atoms with Crippen LogP contribution in [0.15, 0.2) is 206 Å². The molecule has 0 N–H and O–H groups in total. The molecule has 0 aliphatic heterocycles. The van der Waals surface area contributed by atoms with Crippen molar-refractivity contribution in [3.63, 3.8) is 0 Å². The smallest absolute Gasteiger partial charge is 0.0714 e. The Labute approximate surface area is 381 Å². The molecular weight excluding hydrogens is 791 g/mol. The van der Waals surface area contributed by atoms with Crippen molar-refractivity contribution in [1.82, 2.24) is 0 Å². The predicted octanol–water partition coefficient (Wildman–Crippen LogP) is 17.2. The maximum atomic E-state index is 2.51. The van der Waals surface area contributed by atoms with E-state index in [-0.39, 0.29) is 10.8 Å². The lowest BCUT2D eigenvalue weighted by molar-refractivity contribution is 0.589. The minimum atomic E-state index is -0.573. The molecule has 0 amide bonds. The van der Waals surface area contributed by atoms with E-state index >= 15 is 0 Å². The average Bonchev–Trinajstić information content (AvgIpc) is 3.92. The van der Waals surface area contributed by atoms with Gasteiger partial charge < -0.3 is 4.90 Å². The van der Waals surface area contributed by atoms with E-state index in [1.54, 1.807) is 0 Å². The summed E-state index contributed by atoms with van der Waals surface area (Å²) >= 11 is 1.88. The van der Waals surface area contributed by atoms with Crippen molar-refractivity contribution >= 4 is 48.6 Å². The zero-order valence-corrected chi connectivity index (χ0v) is 37.8. The van der Waals surface area contributed by atoms with Crippen molar-refractivity contribution < 1.29 is 0 Å². The number of benzene rings is 9. The van der Waals surface area contributed by atoms with Gasteiger partial charge in [-0.1, -0.05) is 198 Å². The first-order chi connectivity index (χ1) is 31.1. The summed E-state index contributed by atoms with van der Waals surface area (Å²) < 4.78 is 2.60. The van der Waals surface area contributed by atoms with Gasteiger partial charge in [0.05, 0.1) is 5.41 Å². The normalized spacial score (nSPS) is 15.8. The van der Waals surface area contributed by atoms with Gasteiger partial charge in [-0.3, -0.25) is 0 Å². The fourth-order valence-corrected chi connectivity index (χ4v) is 12.2. The molecule has 2 aliphatic rings. The summed E-state index contributed by atoms with van der Waals surface area (Å²) in [6.45, 7) is 11.7. The lowest BCUT2D eigenvalue weighted by atomic mass is 9.67. The Morgan fingerprint density at radius 3 is 1.59 bits per heavy atom. The van der Waals surface area contributed by atoms with Gasteiger partial charge in [-0.05, 0) is 120 Å². The van der Waals surface area contributed by atoms with Crippen LogP contribution in [0.5, 0.6) is 0 Å². The zero-order valence-electron chi connectivity index (χ0n) is 37.0. The molecule has 10 aromatic rings. The SMILES string of the molecule is CC(C)(C)c1ccc(C2(c3ccc(-c4ccccc4)cc3)c3ccccc3-c3ccc(N(c4ccc5c(c4)C(C)(C)c4ccccc4-5)c4ccc5c(c4)sc4ccccc45)cc32)cc1. The molecule has 1 nitrogen and oxygen atoms in total. The lowest BCUT2D eigenvalue weighted by Crippen LogP contribution is -2.29. The van der Waals surface area contributed by atoms with Crippen LogP contribution in [0, 0.1) is 0 Å². The second-order valence-corrected chi connectivity index (χ2v) is 20.4. The fraction of sp³-hybridized carbons (Fsp3) is 0.129. The van der Waals surface area contributed by atoms with Gasteiger partial charge in [-0.25, -0.2) is 0 Å². The van der Waals surface area contributed by atoms with E-state index in [2.05, 4.69) is 246 Å². The van der Waals surface area contributed by atoms with Crippen LogP contribution in [0.4, 0.5) is 17.1 Å². The topological polar surface area (TPSA) is 3.24 Å². The standard InChI is InChI=1S/C62H49NS/c1-60(2,3)42-27-29-44(30-28-42)62(43-25-23-41(24-26-43)40-15-7-6-8-16-40)55-21-13-10-18-49(55)51-35-32-46(38-57(51)62)63(47-33-36-53-52-19-11-14-22-58(52)64-59(53)39-47)45-31-34-50-48-17-9-12-20-54(48)61(4,5)56(50)37-45/h6-39H,1-5H3. The van der Waals surface area contributed by atoms with Crippen LogP contribution in [0.25, 0.3) is 53.6 Å². The first kappa shape index (κ1) is 38.7. The van der Waals surface area contributed by atoms with E-state index in [9.17, 15) is 0 Å². The summed E-state index contributed by atoms with van der Waals surface area (Å²) in [7, 11) is 0. The number of fused-ring (bicyclic) bond motifs is 9. The monoisotopic (exact) mass is 839 g/mol. The molecule has 0 spiro atoms. The van der Waals surface area contributed by atoms with Crippen LogP contribution < -0.4 is 4.90 Å². The molecule has 0 fully saturated rings. The van der Waals surface area contributed by atoms with E-state index in [0.717, 1.165) is 17.1 Å². The molecule has 1 unspecified atom stereocenters. The van der Waals surface area contributed by atoms with Gasteiger partial charge in [0.2, 0.25) is 0 Å². The maximum absolute atomic E-state index is 2.51. The molecule has 64 heavy (non-hydrogen) atoms. The number of thiophene rings is 1. The molecule has 9 aromatic carbocycles. The quantitative estimate of drug-likeness (QED) is 0.161. The predicted molar refractivity (Wildman–Crippen MR) is 273 cm³/mol. The lowest BCUT2D eigenvalue weighted by Gasteiger charge is -2.35. The Morgan fingerprint density at radius 2 is 0.891 bits per heavy atom. The van der Waals surface area contributed by atoms with E-state index in [4.69, 9.17) is 0 Å². The number of rotatable bonds is 6. The molecule has 0 saturated heterocycles. The molecule has 0 radical (unpaired) electrons.